The Labute approximate surface area is 46.7 Å². The van der Waals surface area contributed by atoms with E-state index in [1.807, 2.05) is 0 Å². The molecule has 0 fully saturated rings. The van der Waals surface area contributed by atoms with Gasteiger partial charge in [0, 0.05) is 0 Å². The van der Waals surface area contributed by atoms with Crippen molar-refractivity contribution in [1.82, 2.24) is 0 Å². The Morgan fingerprint density at radius 3 is 2.33 bits per heavy atom. The van der Waals surface area contributed by atoms with Gasteiger partial charge in [0.15, 0.2) is 0 Å². The van der Waals surface area contributed by atoms with E-state index in [0.29, 0.717) is 0 Å². The van der Waals surface area contributed by atoms with Crippen molar-refractivity contribution in [3.05, 3.63) is 10.4 Å². The molecule has 0 aromatic rings. The molecule has 6 heavy (non-hydrogen) atoms. The SMILES string of the molecule is O=S([O-])/C=C/[Se]. The zero-order valence-electron chi connectivity index (χ0n) is 2.79. The molecular formula is C2H2O2SSe-. The molecule has 0 bridgehead atoms. The molecule has 1 atom stereocenters. The van der Waals surface area contributed by atoms with Gasteiger partial charge in [0.25, 0.3) is 0 Å². The zero-order chi connectivity index (χ0) is 4.99. The molecule has 1 radical (unpaired) electrons. The first-order valence-corrected chi connectivity index (χ1v) is 3.27. The summed E-state index contributed by atoms with van der Waals surface area (Å²) in [4.78, 5) is 1.34. The third-order valence-electron chi connectivity index (χ3n) is 0.167. The normalized spacial score (nSPS) is 15.5. The van der Waals surface area contributed by atoms with Crippen molar-refractivity contribution in [2.45, 2.75) is 0 Å². The molecule has 35 valence electrons. The number of hydrogen-bond acceptors (Lipinski definition) is 2. The Balaban J connectivity index is 3.30. The molecule has 0 saturated heterocycles. The maximum atomic E-state index is 9.49. The molecule has 0 rings (SSSR count). The molecule has 0 N–H and O–H groups in total. The fourth-order valence-electron chi connectivity index (χ4n) is 0.0454. The Bertz CT molecular complexity index is 79.6. The Morgan fingerprint density at radius 2 is 2.33 bits per heavy atom. The van der Waals surface area contributed by atoms with Crippen molar-refractivity contribution in [1.29, 1.82) is 0 Å². The molecule has 0 aromatic carbocycles. The summed E-state index contributed by atoms with van der Waals surface area (Å²) in [6.07, 6.45) is 0. The zero-order valence-corrected chi connectivity index (χ0v) is 5.32. The van der Waals surface area contributed by atoms with Gasteiger partial charge in [-0.05, 0) is 0 Å². The number of rotatable bonds is 1. The average molecular weight is 169 g/mol. The third-order valence-corrected chi connectivity index (χ3v) is 1.20. The van der Waals surface area contributed by atoms with E-state index in [1.165, 1.54) is 4.97 Å². The second-order valence-corrected chi connectivity index (χ2v) is 1.90. The van der Waals surface area contributed by atoms with E-state index in [4.69, 9.17) is 0 Å². The molecule has 0 heterocycles. The van der Waals surface area contributed by atoms with Crippen LogP contribution in [0.5, 0.6) is 0 Å². The van der Waals surface area contributed by atoms with Gasteiger partial charge in [0.1, 0.15) is 0 Å². The topological polar surface area (TPSA) is 40.1 Å². The van der Waals surface area contributed by atoms with Gasteiger partial charge in [-0.25, -0.2) is 0 Å². The van der Waals surface area contributed by atoms with Gasteiger partial charge in [-0.2, -0.15) is 0 Å². The van der Waals surface area contributed by atoms with E-state index in [2.05, 4.69) is 16.0 Å². The first-order chi connectivity index (χ1) is 2.77. The van der Waals surface area contributed by atoms with E-state index in [-0.39, 0.29) is 0 Å². The quantitative estimate of drug-likeness (QED) is 0.392. The summed E-state index contributed by atoms with van der Waals surface area (Å²) in [5.74, 6) is 0. The first kappa shape index (κ1) is 6.37. The summed E-state index contributed by atoms with van der Waals surface area (Å²) in [6.45, 7) is 0. The van der Waals surface area contributed by atoms with Crippen LogP contribution in [0, 0.1) is 0 Å². The van der Waals surface area contributed by atoms with Gasteiger partial charge >= 0.3 is 46.2 Å². The van der Waals surface area contributed by atoms with Gasteiger partial charge in [0.05, 0.1) is 0 Å². The number of hydrogen-bond donors (Lipinski definition) is 0. The van der Waals surface area contributed by atoms with Gasteiger partial charge in [-0.3, -0.25) is 0 Å². The Hall–Kier alpha value is 0.369. The average Bonchev–Trinajstić information content (AvgIpc) is 1.35. The van der Waals surface area contributed by atoms with Gasteiger partial charge in [-0.1, -0.05) is 0 Å². The fourth-order valence-corrected chi connectivity index (χ4v) is 0.707. The molecule has 0 saturated carbocycles. The molecule has 2 nitrogen and oxygen atoms in total. The van der Waals surface area contributed by atoms with E-state index in [9.17, 15) is 8.76 Å². The summed E-state index contributed by atoms with van der Waals surface area (Å²) in [5, 5.41) is 1.03. The molecule has 0 aromatic heterocycles. The van der Waals surface area contributed by atoms with Gasteiger partial charge in [0.2, 0.25) is 0 Å². The van der Waals surface area contributed by atoms with Crippen LogP contribution in [0.25, 0.3) is 0 Å². The Kier molecular flexibility index (Phi) is 3.77. The molecule has 0 spiro atoms. The van der Waals surface area contributed by atoms with Crippen LogP contribution >= 0.6 is 0 Å². The van der Waals surface area contributed by atoms with Crippen LogP contribution in [0.1, 0.15) is 0 Å². The predicted molar refractivity (Wildman–Crippen MR) is 23.8 cm³/mol. The minimum atomic E-state index is -2.03. The van der Waals surface area contributed by atoms with E-state index < -0.39 is 11.1 Å². The van der Waals surface area contributed by atoms with Crippen LogP contribution in [0.3, 0.4) is 0 Å². The van der Waals surface area contributed by atoms with Crippen LogP contribution < -0.4 is 0 Å². The van der Waals surface area contributed by atoms with Crippen LogP contribution in [-0.4, -0.2) is 24.8 Å². The second kappa shape index (κ2) is 3.56. The summed E-state index contributed by atoms with van der Waals surface area (Å²) in [5.41, 5.74) is 0. The summed E-state index contributed by atoms with van der Waals surface area (Å²) >= 11 is 0.373. The first-order valence-electron chi connectivity index (χ1n) is 1.14. The predicted octanol–water partition coefficient (Wildman–Crippen LogP) is -0.495. The van der Waals surface area contributed by atoms with Crippen molar-refractivity contribution < 1.29 is 8.76 Å². The van der Waals surface area contributed by atoms with E-state index in [1.54, 1.807) is 0 Å². The van der Waals surface area contributed by atoms with Crippen LogP contribution in [0.2, 0.25) is 0 Å². The van der Waals surface area contributed by atoms with Crippen molar-refractivity contribution in [3.63, 3.8) is 0 Å². The Morgan fingerprint density at radius 1 is 1.83 bits per heavy atom. The molecule has 0 aliphatic carbocycles. The van der Waals surface area contributed by atoms with Crippen molar-refractivity contribution in [2.24, 2.45) is 0 Å². The van der Waals surface area contributed by atoms with E-state index in [0.717, 1.165) is 5.41 Å². The molecule has 4 heteroatoms. The summed E-state index contributed by atoms with van der Waals surface area (Å²) in [7, 11) is 0. The van der Waals surface area contributed by atoms with Gasteiger partial charge in [-0.15, -0.1) is 0 Å². The van der Waals surface area contributed by atoms with Crippen LogP contribution in [0.15, 0.2) is 10.4 Å². The van der Waals surface area contributed by atoms with Crippen molar-refractivity contribution in [2.75, 3.05) is 0 Å². The second-order valence-electron chi connectivity index (χ2n) is 0.533. The van der Waals surface area contributed by atoms with Crippen molar-refractivity contribution >= 4 is 27.1 Å². The van der Waals surface area contributed by atoms with E-state index >= 15 is 0 Å². The van der Waals surface area contributed by atoms with Crippen LogP contribution in [0.4, 0.5) is 0 Å². The molecular weight excluding hydrogens is 167 g/mol. The van der Waals surface area contributed by atoms with Crippen molar-refractivity contribution in [3.8, 4) is 0 Å². The monoisotopic (exact) mass is 170 g/mol. The fraction of sp³-hybridized carbons (Fsp3) is 0. The minimum absolute atomic E-state index is 1.03. The molecule has 0 aliphatic rings. The molecule has 0 amide bonds. The van der Waals surface area contributed by atoms with Gasteiger partial charge < -0.3 is 0 Å². The standard InChI is InChI=1S/C2H3O2SSe/c3-5(4)1-2-6/h1-2H,(H,3,4)/p-1/b2-1+. The third kappa shape index (κ3) is 4.37. The van der Waals surface area contributed by atoms with Crippen LogP contribution in [-0.2, 0) is 11.1 Å². The summed E-state index contributed by atoms with van der Waals surface area (Å²) in [6, 6.07) is 0. The molecule has 0 aliphatic heterocycles. The summed E-state index contributed by atoms with van der Waals surface area (Å²) < 4.78 is 19.0. The maximum absolute atomic E-state index is 9.49. The molecule has 1 unspecified atom stereocenters.